The summed E-state index contributed by atoms with van der Waals surface area (Å²) in [6, 6.07) is -0.215. The summed E-state index contributed by atoms with van der Waals surface area (Å²) in [7, 11) is -2.36. The molecule has 0 aliphatic heterocycles. The van der Waals surface area contributed by atoms with Crippen LogP contribution in [-0.2, 0) is 13.9 Å². The molecule has 1 fully saturated rings. The number of carbonyl (C=O) groups excluding carboxylic acids is 1. The van der Waals surface area contributed by atoms with Crippen molar-refractivity contribution in [2.45, 2.75) is 64.5 Å². The maximum Gasteiger partial charge on any atom is 0.329 e. The van der Waals surface area contributed by atoms with Gasteiger partial charge in [0, 0.05) is 19.7 Å². The van der Waals surface area contributed by atoms with Crippen LogP contribution in [0.2, 0.25) is 0 Å². The molecule has 3 N–H and O–H groups in total. The molecule has 0 heterocycles. The summed E-state index contributed by atoms with van der Waals surface area (Å²) in [5, 5.41) is 6.30. The van der Waals surface area contributed by atoms with Gasteiger partial charge in [-0.25, -0.2) is 0 Å². The molecule has 0 aromatic rings. The van der Waals surface area contributed by atoms with Gasteiger partial charge in [0.05, 0.1) is 12.2 Å². The lowest BCUT2D eigenvalue weighted by atomic mass is 9.80. The van der Waals surface area contributed by atoms with Crippen LogP contribution in [0.1, 0.15) is 52.4 Å². The Kier molecular flexibility index (Phi) is 8.65. The molecule has 140 valence electrons. The van der Waals surface area contributed by atoms with Crippen LogP contribution < -0.4 is 10.6 Å². The van der Waals surface area contributed by atoms with E-state index in [0.29, 0.717) is 6.42 Å². The average Bonchev–Trinajstić information content (AvgIpc) is 2.52. The fourth-order valence-corrected chi connectivity index (χ4v) is 3.78. The van der Waals surface area contributed by atoms with Crippen molar-refractivity contribution in [1.29, 1.82) is 0 Å². The van der Waals surface area contributed by atoms with Crippen LogP contribution in [0, 0.1) is 5.41 Å². The average molecular weight is 360 g/mol. The molecule has 1 amide bonds. The SMILES string of the molecule is C=CCC(C)(C)C(NCCP(=O)(O)OC)C(=O)NC1CCCCC1. The zero-order valence-corrected chi connectivity index (χ0v) is 16.1. The highest BCUT2D eigenvalue weighted by molar-refractivity contribution is 7.52. The monoisotopic (exact) mass is 360 g/mol. The Morgan fingerprint density at radius 2 is 2.04 bits per heavy atom. The second-order valence-corrected chi connectivity index (χ2v) is 9.34. The lowest BCUT2D eigenvalue weighted by Crippen LogP contribution is -2.55. The molecule has 2 atom stereocenters. The van der Waals surface area contributed by atoms with Gasteiger partial charge in [-0.05, 0) is 24.7 Å². The van der Waals surface area contributed by atoms with Crippen molar-refractivity contribution in [3.8, 4) is 0 Å². The molecule has 1 saturated carbocycles. The Bertz CT molecular complexity index is 462. The predicted octanol–water partition coefficient (Wildman–Crippen LogP) is 2.83. The third-order valence-electron chi connectivity index (χ3n) is 4.69. The number of hydrogen-bond donors (Lipinski definition) is 3. The maximum absolute atomic E-state index is 12.8. The van der Waals surface area contributed by atoms with E-state index in [9.17, 15) is 14.3 Å². The first-order chi connectivity index (χ1) is 11.2. The number of carbonyl (C=O) groups is 1. The topological polar surface area (TPSA) is 87.7 Å². The Balaban J connectivity index is 2.70. The number of rotatable bonds is 10. The van der Waals surface area contributed by atoms with E-state index in [-0.39, 0.29) is 30.1 Å². The van der Waals surface area contributed by atoms with Gasteiger partial charge >= 0.3 is 7.60 Å². The van der Waals surface area contributed by atoms with E-state index in [1.807, 2.05) is 13.8 Å². The number of nitrogens with one attached hydrogen (secondary N) is 2. The Morgan fingerprint density at radius 3 is 2.58 bits per heavy atom. The van der Waals surface area contributed by atoms with Crippen molar-refractivity contribution in [2.24, 2.45) is 5.41 Å². The van der Waals surface area contributed by atoms with Crippen LogP contribution >= 0.6 is 7.60 Å². The minimum Gasteiger partial charge on any atom is -0.352 e. The molecule has 6 nitrogen and oxygen atoms in total. The Hall–Kier alpha value is -0.680. The molecule has 1 aliphatic rings. The predicted molar refractivity (Wildman–Crippen MR) is 97.1 cm³/mol. The van der Waals surface area contributed by atoms with Crippen LogP contribution in [-0.4, -0.2) is 42.7 Å². The maximum atomic E-state index is 12.8. The smallest absolute Gasteiger partial charge is 0.329 e. The van der Waals surface area contributed by atoms with Gasteiger partial charge < -0.3 is 20.1 Å². The van der Waals surface area contributed by atoms with Crippen LogP contribution in [0.25, 0.3) is 0 Å². The molecular formula is C17H33N2O4P. The summed E-state index contributed by atoms with van der Waals surface area (Å²) in [5.74, 6) is -0.0426. The minimum absolute atomic E-state index is 0.0269. The standard InChI is InChI=1S/C17H33N2O4P/c1-5-11-17(2,3)15(18-12-13-24(21,22)23-4)16(20)19-14-9-7-6-8-10-14/h5,14-15,18H,1,6-13H2,2-4H3,(H,19,20)(H,21,22). The molecule has 1 aliphatic carbocycles. The lowest BCUT2D eigenvalue weighted by Gasteiger charge is -2.35. The van der Waals surface area contributed by atoms with Gasteiger partial charge in [-0.1, -0.05) is 39.2 Å². The molecule has 24 heavy (non-hydrogen) atoms. The van der Waals surface area contributed by atoms with Crippen molar-refractivity contribution in [3.63, 3.8) is 0 Å². The first kappa shape index (κ1) is 21.4. The summed E-state index contributed by atoms with van der Waals surface area (Å²) < 4.78 is 16.2. The Labute approximate surface area is 146 Å². The molecule has 0 aromatic heterocycles. The summed E-state index contributed by atoms with van der Waals surface area (Å²) in [6.45, 7) is 8.02. The van der Waals surface area contributed by atoms with E-state index in [1.165, 1.54) is 13.5 Å². The van der Waals surface area contributed by atoms with Crippen molar-refractivity contribution in [3.05, 3.63) is 12.7 Å². The fraction of sp³-hybridized carbons (Fsp3) is 0.824. The molecule has 0 spiro atoms. The van der Waals surface area contributed by atoms with Crippen LogP contribution in [0.15, 0.2) is 12.7 Å². The van der Waals surface area contributed by atoms with E-state index >= 15 is 0 Å². The molecule has 0 aromatic carbocycles. The second kappa shape index (κ2) is 9.71. The van der Waals surface area contributed by atoms with Crippen LogP contribution in [0.5, 0.6) is 0 Å². The first-order valence-electron chi connectivity index (χ1n) is 8.74. The molecule has 0 saturated heterocycles. The van der Waals surface area contributed by atoms with Crippen molar-refractivity contribution in [2.75, 3.05) is 19.8 Å². The van der Waals surface area contributed by atoms with Gasteiger partial charge in [-0.3, -0.25) is 9.36 Å². The highest BCUT2D eigenvalue weighted by atomic mass is 31.2. The summed E-state index contributed by atoms with van der Waals surface area (Å²) >= 11 is 0. The zero-order valence-electron chi connectivity index (χ0n) is 15.2. The Morgan fingerprint density at radius 1 is 1.42 bits per heavy atom. The van der Waals surface area contributed by atoms with Crippen LogP contribution in [0.4, 0.5) is 0 Å². The summed E-state index contributed by atoms with van der Waals surface area (Å²) in [5.41, 5.74) is -0.340. The molecule has 0 radical (unpaired) electrons. The van der Waals surface area contributed by atoms with Gasteiger partial charge in [-0.15, -0.1) is 6.58 Å². The third kappa shape index (κ3) is 7.06. The normalized spacial score (nSPS) is 20.2. The van der Waals surface area contributed by atoms with E-state index in [1.54, 1.807) is 6.08 Å². The van der Waals surface area contributed by atoms with Gasteiger partial charge in [0.15, 0.2) is 0 Å². The molecule has 2 unspecified atom stereocenters. The third-order valence-corrected chi connectivity index (χ3v) is 6.05. The van der Waals surface area contributed by atoms with E-state index < -0.39 is 13.6 Å². The van der Waals surface area contributed by atoms with E-state index in [0.717, 1.165) is 25.7 Å². The van der Waals surface area contributed by atoms with Gasteiger partial charge in [-0.2, -0.15) is 0 Å². The molecule has 7 heteroatoms. The van der Waals surface area contributed by atoms with Crippen LogP contribution in [0.3, 0.4) is 0 Å². The number of hydrogen-bond acceptors (Lipinski definition) is 4. The number of allylic oxidation sites excluding steroid dienone is 1. The van der Waals surface area contributed by atoms with Gasteiger partial charge in [0.2, 0.25) is 5.91 Å². The van der Waals surface area contributed by atoms with Crippen molar-refractivity contribution < 1.29 is 18.8 Å². The van der Waals surface area contributed by atoms with E-state index in [4.69, 9.17) is 0 Å². The minimum atomic E-state index is -3.58. The second-order valence-electron chi connectivity index (χ2n) is 7.26. The van der Waals surface area contributed by atoms with E-state index in [2.05, 4.69) is 21.7 Å². The fourth-order valence-electron chi connectivity index (χ4n) is 3.19. The summed E-state index contributed by atoms with van der Waals surface area (Å²) in [6.07, 6.45) is 8.03. The molecule has 1 rings (SSSR count). The number of amides is 1. The van der Waals surface area contributed by atoms with Gasteiger partial charge in [0.1, 0.15) is 0 Å². The van der Waals surface area contributed by atoms with Gasteiger partial charge in [0.25, 0.3) is 0 Å². The lowest BCUT2D eigenvalue weighted by molar-refractivity contribution is -0.126. The zero-order chi connectivity index (χ0) is 18.2. The highest BCUT2D eigenvalue weighted by Crippen LogP contribution is 2.39. The van der Waals surface area contributed by atoms with Crippen molar-refractivity contribution >= 4 is 13.5 Å². The first-order valence-corrected chi connectivity index (χ1v) is 10.5. The van der Waals surface area contributed by atoms with Crippen molar-refractivity contribution in [1.82, 2.24) is 10.6 Å². The molecular weight excluding hydrogens is 327 g/mol. The summed E-state index contributed by atoms with van der Waals surface area (Å²) in [4.78, 5) is 22.3. The largest absolute Gasteiger partial charge is 0.352 e. The molecule has 0 bridgehead atoms. The quantitative estimate of drug-likeness (QED) is 0.412. The highest BCUT2D eigenvalue weighted by Gasteiger charge is 2.35.